The molecule has 7 heteroatoms. The number of hydrogen-bond donors (Lipinski definition) is 2. The van der Waals surface area contributed by atoms with E-state index in [4.69, 9.17) is 16.2 Å². The van der Waals surface area contributed by atoms with Crippen LogP contribution in [-0.2, 0) is 27.8 Å². The van der Waals surface area contributed by atoms with Gasteiger partial charge in [0.2, 0.25) is 5.91 Å². The summed E-state index contributed by atoms with van der Waals surface area (Å²) in [6.07, 6.45) is 1.14. The second-order valence-corrected chi connectivity index (χ2v) is 6.92. The number of carbonyl (C=O) groups excluding carboxylic acids is 1. The van der Waals surface area contributed by atoms with Crippen LogP contribution in [0.5, 0.6) is 0 Å². The Morgan fingerprint density at radius 3 is 2.74 bits per heavy atom. The summed E-state index contributed by atoms with van der Waals surface area (Å²) in [6, 6.07) is 3.42. The summed E-state index contributed by atoms with van der Waals surface area (Å²) in [6.45, 7) is 1.41. The Balaban J connectivity index is 2.32. The van der Waals surface area contributed by atoms with E-state index in [0.717, 1.165) is 5.56 Å². The second kappa shape index (κ2) is 5.11. The van der Waals surface area contributed by atoms with Crippen LogP contribution in [0.3, 0.4) is 0 Å². The average Bonchev–Trinajstić information content (AvgIpc) is 2.29. The molecule has 0 radical (unpaired) electrons. The van der Waals surface area contributed by atoms with Crippen molar-refractivity contribution in [1.82, 2.24) is 0 Å². The maximum Gasteiger partial charge on any atom is 0.267 e. The van der Waals surface area contributed by atoms with Crippen LogP contribution in [0.2, 0.25) is 5.02 Å². The van der Waals surface area contributed by atoms with E-state index in [1.165, 1.54) is 6.92 Å². The molecule has 104 valence electrons. The van der Waals surface area contributed by atoms with Crippen molar-refractivity contribution in [2.24, 2.45) is 0 Å². The molecule has 1 amide bonds. The summed E-state index contributed by atoms with van der Waals surface area (Å²) in [4.78, 5) is 11.3. The highest BCUT2D eigenvalue weighted by Gasteiger charge is 2.22. The van der Waals surface area contributed by atoms with E-state index < -0.39 is 15.4 Å². The first kappa shape index (κ1) is 14.3. The van der Waals surface area contributed by atoms with Gasteiger partial charge in [0.1, 0.15) is 0 Å². The van der Waals surface area contributed by atoms with Crippen LogP contribution in [0.25, 0.3) is 0 Å². The molecule has 0 aromatic heterocycles. The lowest BCUT2D eigenvalue weighted by Crippen LogP contribution is -2.21. The van der Waals surface area contributed by atoms with Crippen LogP contribution in [0.15, 0.2) is 12.1 Å². The number of amides is 1. The third-order valence-corrected chi connectivity index (χ3v) is 4.72. The van der Waals surface area contributed by atoms with Crippen molar-refractivity contribution in [3.8, 4) is 0 Å². The third kappa shape index (κ3) is 3.26. The first-order valence-corrected chi connectivity index (χ1v) is 7.73. The summed E-state index contributed by atoms with van der Waals surface area (Å²) >= 11 is 6.10. The molecule has 2 N–H and O–H groups in total. The van der Waals surface area contributed by atoms with Gasteiger partial charge in [0.15, 0.2) is 0 Å². The van der Waals surface area contributed by atoms with Crippen LogP contribution in [0.4, 0.5) is 5.69 Å². The lowest BCUT2D eigenvalue weighted by atomic mass is 9.99. The van der Waals surface area contributed by atoms with E-state index in [-0.39, 0.29) is 12.3 Å². The van der Waals surface area contributed by atoms with E-state index in [2.05, 4.69) is 5.32 Å². The summed E-state index contributed by atoms with van der Waals surface area (Å²) < 4.78 is 31.0. The molecule has 5 nitrogen and oxygen atoms in total. The van der Waals surface area contributed by atoms with Gasteiger partial charge in [-0.05, 0) is 43.0 Å². The van der Waals surface area contributed by atoms with Gasteiger partial charge in [0, 0.05) is 17.1 Å². The average molecular weight is 304 g/mol. The lowest BCUT2D eigenvalue weighted by Gasteiger charge is -2.19. The number of hydrogen-bond acceptors (Lipinski definition) is 3. The second-order valence-electron chi connectivity index (χ2n) is 4.68. The highest BCUT2D eigenvalue weighted by atomic mass is 35.5. The highest BCUT2D eigenvalue weighted by Crippen LogP contribution is 2.30. The molecule has 0 bridgehead atoms. The van der Waals surface area contributed by atoms with Crippen LogP contribution >= 0.6 is 11.6 Å². The molecule has 1 aliphatic heterocycles. The minimum Gasteiger partial charge on any atom is -0.326 e. The zero-order valence-corrected chi connectivity index (χ0v) is 11.9. The van der Waals surface area contributed by atoms with Crippen molar-refractivity contribution in [1.29, 1.82) is 0 Å². The minimum atomic E-state index is -4.10. The number of fused-ring (bicyclic) bond motifs is 1. The van der Waals surface area contributed by atoms with Crippen molar-refractivity contribution >= 4 is 33.3 Å². The van der Waals surface area contributed by atoms with E-state index in [9.17, 15) is 13.2 Å². The largest absolute Gasteiger partial charge is 0.326 e. The predicted octanol–water partition coefficient (Wildman–Crippen LogP) is 2.04. The zero-order chi connectivity index (χ0) is 14.2. The van der Waals surface area contributed by atoms with Crippen LogP contribution in [0, 0.1) is 0 Å². The number of halogens is 1. The van der Waals surface area contributed by atoms with Crippen molar-refractivity contribution in [2.45, 2.75) is 31.4 Å². The van der Waals surface area contributed by atoms with Gasteiger partial charge in [-0.25, -0.2) is 0 Å². The molecular formula is C12H14ClNO4S. The van der Waals surface area contributed by atoms with Crippen molar-refractivity contribution < 1.29 is 17.8 Å². The molecule has 19 heavy (non-hydrogen) atoms. The Bertz CT molecular complexity index is 627. The van der Waals surface area contributed by atoms with Gasteiger partial charge >= 0.3 is 0 Å². The van der Waals surface area contributed by atoms with E-state index >= 15 is 0 Å². The van der Waals surface area contributed by atoms with Crippen molar-refractivity contribution in [3.63, 3.8) is 0 Å². The van der Waals surface area contributed by atoms with Crippen LogP contribution in [-0.4, -0.2) is 24.1 Å². The van der Waals surface area contributed by atoms with Gasteiger partial charge in [0.25, 0.3) is 10.1 Å². The van der Waals surface area contributed by atoms with Gasteiger partial charge in [-0.1, -0.05) is 11.6 Å². The molecule has 1 heterocycles. The topological polar surface area (TPSA) is 83.5 Å². The molecule has 0 spiro atoms. The van der Waals surface area contributed by atoms with Crippen LogP contribution < -0.4 is 5.32 Å². The third-order valence-electron chi connectivity index (χ3n) is 3.18. The summed E-state index contributed by atoms with van der Waals surface area (Å²) in [5.41, 5.74) is 2.19. The zero-order valence-electron chi connectivity index (χ0n) is 10.3. The summed E-state index contributed by atoms with van der Waals surface area (Å²) in [7, 11) is -4.10. The first-order chi connectivity index (χ1) is 8.77. The number of rotatable bonds is 3. The SMILES string of the molecule is CC(Cc1cc2c(cc1Cl)CCC(=O)N2)S(=O)(=O)O. The number of aryl methyl sites for hydroxylation is 1. The summed E-state index contributed by atoms with van der Waals surface area (Å²) in [5.74, 6) is -0.0661. The number of nitrogens with one attached hydrogen (secondary N) is 1. The van der Waals surface area contributed by atoms with E-state index in [1.54, 1.807) is 12.1 Å². The fourth-order valence-electron chi connectivity index (χ4n) is 2.01. The van der Waals surface area contributed by atoms with Gasteiger partial charge in [-0.2, -0.15) is 8.42 Å². The molecule has 1 atom stereocenters. The maximum absolute atomic E-state index is 11.3. The Kier molecular flexibility index (Phi) is 3.85. The Morgan fingerprint density at radius 2 is 2.11 bits per heavy atom. The Hall–Kier alpha value is -1.11. The highest BCUT2D eigenvalue weighted by molar-refractivity contribution is 7.86. The number of benzene rings is 1. The van der Waals surface area contributed by atoms with Gasteiger partial charge in [0.05, 0.1) is 5.25 Å². The molecular weight excluding hydrogens is 290 g/mol. The Labute approximate surface area is 116 Å². The molecule has 1 unspecified atom stereocenters. The Morgan fingerprint density at radius 1 is 1.42 bits per heavy atom. The minimum absolute atomic E-state index is 0.0661. The van der Waals surface area contributed by atoms with Gasteiger partial charge in [-0.3, -0.25) is 9.35 Å². The number of carbonyl (C=O) groups is 1. The lowest BCUT2D eigenvalue weighted by molar-refractivity contribution is -0.116. The van der Waals surface area contributed by atoms with Crippen molar-refractivity contribution in [3.05, 3.63) is 28.3 Å². The van der Waals surface area contributed by atoms with Crippen LogP contribution in [0.1, 0.15) is 24.5 Å². The van der Waals surface area contributed by atoms with E-state index in [0.29, 0.717) is 29.1 Å². The first-order valence-electron chi connectivity index (χ1n) is 5.85. The fourth-order valence-corrected chi connectivity index (χ4v) is 2.67. The van der Waals surface area contributed by atoms with E-state index in [1.807, 2.05) is 0 Å². The molecule has 0 aliphatic carbocycles. The monoisotopic (exact) mass is 303 g/mol. The molecule has 2 rings (SSSR count). The summed E-state index contributed by atoms with van der Waals surface area (Å²) in [5, 5.41) is 2.24. The molecule has 1 aromatic rings. The van der Waals surface area contributed by atoms with Crippen molar-refractivity contribution in [2.75, 3.05) is 5.32 Å². The fraction of sp³-hybridized carbons (Fsp3) is 0.417. The maximum atomic E-state index is 11.3. The molecule has 1 aromatic carbocycles. The predicted molar refractivity (Wildman–Crippen MR) is 73.1 cm³/mol. The van der Waals surface area contributed by atoms with Gasteiger partial charge < -0.3 is 5.32 Å². The molecule has 0 saturated carbocycles. The number of anilines is 1. The van der Waals surface area contributed by atoms with Gasteiger partial charge in [-0.15, -0.1) is 0 Å². The standard InChI is InChI=1S/C12H14ClNO4S/c1-7(19(16,17)18)4-9-6-11-8(5-10(9)13)2-3-12(15)14-11/h5-7H,2-4H2,1H3,(H,14,15)(H,16,17,18). The molecule has 1 aliphatic rings. The molecule has 0 saturated heterocycles. The molecule has 0 fully saturated rings. The smallest absolute Gasteiger partial charge is 0.267 e. The normalized spacial score (nSPS) is 16.7. The quantitative estimate of drug-likeness (QED) is 0.837.